The van der Waals surface area contributed by atoms with Crippen molar-refractivity contribution in [2.24, 2.45) is 5.92 Å². The highest BCUT2D eigenvalue weighted by molar-refractivity contribution is 6.30. The Balaban J connectivity index is 3.10. The maximum Gasteiger partial charge on any atom is 0.172 e. The zero-order chi connectivity index (χ0) is 14.6. The first-order chi connectivity index (χ1) is 8.77. The number of hydrogen-bond acceptors (Lipinski definition) is 3. The number of nitrogens with one attached hydrogen (secondary N) is 1. The van der Waals surface area contributed by atoms with E-state index in [1.165, 1.54) is 0 Å². The molecule has 0 aromatic heterocycles. The van der Waals surface area contributed by atoms with Crippen LogP contribution in [0.25, 0.3) is 0 Å². The van der Waals surface area contributed by atoms with Crippen molar-refractivity contribution in [3.63, 3.8) is 0 Å². The molecule has 1 aromatic carbocycles. The molecule has 19 heavy (non-hydrogen) atoms. The summed E-state index contributed by atoms with van der Waals surface area (Å²) in [5.41, 5.74) is -0.938. The van der Waals surface area contributed by atoms with Crippen LogP contribution in [0.4, 0.5) is 0 Å². The van der Waals surface area contributed by atoms with E-state index in [0.717, 1.165) is 0 Å². The Labute approximate surface area is 120 Å². The molecule has 0 aliphatic heterocycles. The quantitative estimate of drug-likeness (QED) is 0.844. The van der Waals surface area contributed by atoms with Gasteiger partial charge in [0.1, 0.15) is 0 Å². The molecule has 0 aliphatic carbocycles. The molecule has 0 aliphatic rings. The van der Waals surface area contributed by atoms with E-state index >= 15 is 0 Å². The predicted molar refractivity (Wildman–Crippen MR) is 78.3 cm³/mol. The second-order valence-corrected chi connectivity index (χ2v) is 5.86. The number of hydrogen-bond donors (Lipinski definition) is 2. The second-order valence-electron chi connectivity index (χ2n) is 5.42. The third kappa shape index (κ3) is 4.03. The van der Waals surface area contributed by atoms with Crippen LogP contribution in [0.5, 0.6) is 0 Å². The second kappa shape index (κ2) is 6.51. The molecule has 0 heterocycles. The van der Waals surface area contributed by atoms with Gasteiger partial charge in [-0.25, -0.2) is 0 Å². The summed E-state index contributed by atoms with van der Waals surface area (Å²) in [6.07, 6.45) is 0. The Hall–Kier alpha value is -0.900. The number of rotatable bonds is 6. The maximum absolute atomic E-state index is 12.3. The molecule has 0 saturated carbocycles. The van der Waals surface area contributed by atoms with E-state index in [0.29, 0.717) is 10.6 Å². The van der Waals surface area contributed by atoms with E-state index in [2.05, 4.69) is 5.32 Å². The van der Waals surface area contributed by atoms with Crippen LogP contribution in [0, 0.1) is 5.92 Å². The summed E-state index contributed by atoms with van der Waals surface area (Å²) < 4.78 is 0. The number of carbonyl (C=O) groups excluding carboxylic acids is 1. The summed E-state index contributed by atoms with van der Waals surface area (Å²) in [6, 6.07) is 6.96. The normalized spacial score (nSPS) is 14.7. The van der Waals surface area contributed by atoms with Crippen molar-refractivity contribution in [2.45, 2.75) is 39.3 Å². The van der Waals surface area contributed by atoms with Gasteiger partial charge in [-0.05, 0) is 17.7 Å². The van der Waals surface area contributed by atoms with Gasteiger partial charge >= 0.3 is 0 Å². The molecule has 0 spiro atoms. The van der Waals surface area contributed by atoms with Crippen LogP contribution >= 0.6 is 11.6 Å². The molecule has 0 radical (unpaired) electrons. The lowest BCUT2D eigenvalue weighted by Crippen LogP contribution is -2.48. The number of benzene rings is 1. The fourth-order valence-electron chi connectivity index (χ4n) is 1.89. The number of carbonyl (C=O) groups is 1. The van der Waals surface area contributed by atoms with Crippen LogP contribution in [0.1, 0.15) is 33.3 Å². The van der Waals surface area contributed by atoms with Crippen molar-refractivity contribution < 1.29 is 9.90 Å². The molecule has 3 nitrogen and oxygen atoms in total. The van der Waals surface area contributed by atoms with E-state index in [4.69, 9.17) is 11.6 Å². The summed E-state index contributed by atoms with van der Waals surface area (Å²) in [5.74, 6) is -0.433. The fraction of sp³-hybridized carbons (Fsp3) is 0.533. The SMILES string of the molecule is CC(C)NCC(O)(C(=O)C(C)C)c1ccc(Cl)cc1. The minimum atomic E-state index is -1.51. The van der Waals surface area contributed by atoms with Gasteiger partial charge in [0.05, 0.1) is 0 Å². The molecule has 0 fully saturated rings. The van der Waals surface area contributed by atoms with Gasteiger partial charge < -0.3 is 10.4 Å². The molecule has 2 N–H and O–H groups in total. The van der Waals surface area contributed by atoms with Gasteiger partial charge in [-0.15, -0.1) is 0 Å². The minimum Gasteiger partial charge on any atom is -0.376 e. The number of Topliss-reactive ketones (excluding diaryl/α,β-unsaturated/α-hetero) is 1. The van der Waals surface area contributed by atoms with Gasteiger partial charge in [0.2, 0.25) is 0 Å². The predicted octanol–water partition coefficient (Wildman–Crippen LogP) is 2.75. The Morgan fingerprint density at radius 2 is 1.79 bits per heavy atom. The summed E-state index contributed by atoms with van der Waals surface area (Å²) in [5, 5.41) is 14.5. The molecule has 1 rings (SSSR count). The van der Waals surface area contributed by atoms with Gasteiger partial charge in [-0.2, -0.15) is 0 Å². The molecule has 0 amide bonds. The van der Waals surface area contributed by atoms with Crippen LogP contribution < -0.4 is 5.32 Å². The zero-order valence-electron chi connectivity index (χ0n) is 11.9. The Bertz CT molecular complexity index is 428. The largest absolute Gasteiger partial charge is 0.376 e. The molecular formula is C15H22ClNO2. The first-order valence-corrected chi connectivity index (χ1v) is 6.91. The van der Waals surface area contributed by atoms with Crippen LogP contribution in [-0.4, -0.2) is 23.5 Å². The van der Waals surface area contributed by atoms with Crippen molar-refractivity contribution in [3.8, 4) is 0 Å². The summed E-state index contributed by atoms with van der Waals surface area (Å²) in [6.45, 7) is 7.73. The minimum absolute atomic E-state index is 0.192. The Morgan fingerprint density at radius 3 is 2.21 bits per heavy atom. The van der Waals surface area contributed by atoms with E-state index in [1.807, 2.05) is 13.8 Å². The molecule has 1 atom stereocenters. The summed E-state index contributed by atoms with van der Waals surface area (Å²) >= 11 is 5.85. The average Bonchev–Trinajstić information content (AvgIpc) is 2.35. The van der Waals surface area contributed by atoms with Gasteiger partial charge in [-0.3, -0.25) is 4.79 Å². The lowest BCUT2D eigenvalue weighted by atomic mass is 9.84. The third-order valence-corrected chi connectivity index (χ3v) is 3.27. The number of halogens is 1. The number of ketones is 1. The van der Waals surface area contributed by atoms with Crippen LogP contribution in [0.3, 0.4) is 0 Å². The van der Waals surface area contributed by atoms with E-state index < -0.39 is 5.60 Å². The van der Waals surface area contributed by atoms with Crippen LogP contribution in [-0.2, 0) is 10.4 Å². The maximum atomic E-state index is 12.3. The highest BCUT2D eigenvalue weighted by atomic mass is 35.5. The monoisotopic (exact) mass is 283 g/mol. The molecule has 0 saturated heterocycles. The fourth-order valence-corrected chi connectivity index (χ4v) is 2.01. The van der Waals surface area contributed by atoms with Crippen molar-refractivity contribution in [1.29, 1.82) is 0 Å². The molecule has 4 heteroatoms. The topological polar surface area (TPSA) is 49.3 Å². The van der Waals surface area contributed by atoms with E-state index in [-0.39, 0.29) is 24.3 Å². The highest BCUT2D eigenvalue weighted by Gasteiger charge is 2.38. The lowest BCUT2D eigenvalue weighted by molar-refractivity contribution is -0.141. The average molecular weight is 284 g/mol. The van der Waals surface area contributed by atoms with E-state index in [1.54, 1.807) is 38.1 Å². The van der Waals surface area contributed by atoms with Gasteiger partial charge in [0, 0.05) is 23.5 Å². The van der Waals surface area contributed by atoms with Gasteiger partial charge in [0.25, 0.3) is 0 Å². The smallest absolute Gasteiger partial charge is 0.172 e. The van der Waals surface area contributed by atoms with Crippen molar-refractivity contribution in [3.05, 3.63) is 34.9 Å². The molecule has 0 bridgehead atoms. The van der Waals surface area contributed by atoms with Crippen LogP contribution in [0.15, 0.2) is 24.3 Å². The van der Waals surface area contributed by atoms with E-state index in [9.17, 15) is 9.90 Å². The van der Waals surface area contributed by atoms with Gasteiger partial charge in [-0.1, -0.05) is 51.4 Å². The zero-order valence-corrected chi connectivity index (χ0v) is 12.7. The molecular weight excluding hydrogens is 262 g/mol. The number of aliphatic hydroxyl groups is 1. The lowest BCUT2D eigenvalue weighted by Gasteiger charge is -2.30. The molecule has 106 valence electrons. The van der Waals surface area contributed by atoms with Gasteiger partial charge in [0.15, 0.2) is 11.4 Å². The van der Waals surface area contributed by atoms with Crippen molar-refractivity contribution in [1.82, 2.24) is 5.32 Å². The first kappa shape index (κ1) is 16.2. The highest BCUT2D eigenvalue weighted by Crippen LogP contribution is 2.26. The standard InChI is InChI=1S/C15H22ClNO2/c1-10(2)14(18)15(19,9-17-11(3)4)12-5-7-13(16)8-6-12/h5-8,10-11,17,19H,9H2,1-4H3. The Morgan fingerprint density at radius 1 is 1.26 bits per heavy atom. The Kier molecular flexibility index (Phi) is 5.53. The molecule has 1 unspecified atom stereocenters. The van der Waals surface area contributed by atoms with Crippen molar-refractivity contribution in [2.75, 3.05) is 6.54 Å². The summed E-state index contributed by atoms with van der Waals surface area (Å²) in [4.78, 5) is 12.3. The van der Waals surface area contributed by atoms with Crippen LogP contribution in [0.2, 0.25) is 5.02 Å². The summed E-state index contributed by atoms with van der Waals surface area (Å²) in [7, 11) is 0. The third-order valence-electron chi connectivity index (χ3n) is 3.02. The van der Waals surface area contributed by atoms with Crippen molar-refractivity contribution >= 4 is 17.4 Å². The first-order valence-electron chi connectivity index (χ1n) is 6.53. The molecule has 1 aromatic rings.